The van der Waals surface area contributed by atoms with Crippen LogP contribution in [0.1, 0.15) is 64.0 Å². The number of phenols is 1. The number of phenolic OH excluding ortho intramolecular Hbond substituents is 1. The minimum absolute atomic E-state index is 0.0438. The average molecular weight is 405 g/mol. The van der Waals surface area contributed by atoms with Gasteiger partial charge in [0.1, 0.15) is 5.75 Å². The molecule has 0 aliphatic heterocycles. The fraction of sp³-hybridized carbons (Fsp3) is 0.385. The number of rotatable bonds is 7. The third kappa shape index (κ3) is 5.51. The maximum absolute atomic E-state index is 13.3. The van der Waals surface area contributed by atoms with E-state index < -0.39 is 0 Å². The van der Waals surface area contributed by atoms with E-state index in [0.29, 0.717) is 18.5 Å². The van der Waals surface area contributed by atoms with Gasteiger partial charge in [-0.3, -0.25) is 9.79 Å². The summed E-state index contributed by atoms with van der Waals surface area (Å²) < 4.78 is 0. The summed E-state index contributed by atoms with van der Waals surface area (Å²) in [6.07, 6.45) is 12.0. The molecule has 0 spiro atoms. The Morgan fingerprint density at radius 2 is 2.07 bits per heavy atom. The molecule has 30 heavy (non-hydrogen) atoms. The third-order valence-electron chi connectivity index (χ3n) is 5.64. The molecular weight excluding hydrogens is 372 g/mol. The lowest BCUT2D eigenvalue weighted by Gasteiger charge is -2.28. The van der Waals surface area contributed by atoms with E-state index >= 15 is 0 Å². The van der Waals surface area contributed by atoms with Gasteiger partial charge in [-0.15, -0.1) is 6.42 Å². The minimum atomic E-state index is 0.0438. The Bertz CT molecular complexity index is 958. The van der Waals surface area contributed by atoms with Gasteiger partial charge in [-0.2, -0.15) is 0 Å². The highest BCUT2D eigenvalue weighted by molar-refractivity contribution is 6.05. The molecule has 0 saturated heterocycles. The fourth-order valence-electron chi connectivity index (χ4n) is 3.60. The molecule has 0 aromatic heterocycles. The summed E-state index contributed by atoms with van der Waals surface area (Å²) in [7, 11) is 1.72. The van der Waals surface area contributed by atoms with Gasteiger partial charge in [0.25, 0.3) is 5.91 Å². The number of terminal acetylenes is 1. The summed E-state index contributed by atoms with van der Waals surface area (Å²) >= 11 is 0. The van der Waals surface area contributed by atoms with E-state index in [9.17, 15) is 9.90 Å². The Hall–Kier alpha value is -3.06. The van der Waals surface area contributed by atoms with E-state index in [1.165, 1.54) is 5.57 Å². The van der Waals surface area contributed by atoms with Crippen molar-refractivity contribution in [2.24, 2.45) is 4.99 Å². The maximum Gasteiger partial charge on any atom is 0.254 e. The first kappa shape index (κ1) is 23.2. The van der Waals surface area contributed by atoms with Crippen molar-refractivity contribution in [3.63, 3.8) is 0 Å². The Kier molecular flexibility index (Phi) is 8.24. The second-order valence-corrected chi connectivity index (χ2v) is 7.70. The van der Waals surface area contributed by atoms with E-state index in [4.69, 9.17) is 6.42 Å². The lowest BCUT2D eigenvalue weighted by atomic mass is 9.91. The van der Waals surface area contributed by atoms with Crippen LogP contribution in [0.3, 0.4) is 0 Å². The molecule has 0 unspecified atom stereocenters. The van der Waals surface area contributed by atoms with Gasteiger partial charge in [0.2, 0.25) is 0 Å². The molecule has 0 radical (unpaired) electrons. The van der Waals surface area contributed by atoms with Crippen LogP contribution < -0.4 is 0 Å². The lowest BCUT2D eigenvalue weighted by Crippen LogP contribution is -2.36. The topological polar surface area (TPSA) is 52.9 Å². The SMILES string of the molecule is C#Cc1ccc(/C(C)=C/C(CN(C(=C)CC)C(=O)C2=C(C)CCCC2)=NC)cc1O. The molecule has 0 atom stereocenters. The zero-order chi connectivity index (χ0) is 22.3. The quantitative estimate of drug-likeness (QED) is 0.482. The lowest BCUT2D eigenvalue weighted by molar-refractivity contribution is -0.125. The summed E-state index contributed by atoms with van der Waals surface area (Å²) in [6, 6.07) is 5.24. The predicted molar refractivity (Wildman–Crippen MR) is 125 cm³/mol. The molecule has 1 aromatic rings. The Balaban J connectivity index is 2.30. The number of hydrogen-bond acceptors (Lipinski definition) is 3. The van der Waals surface area contributed by atoms with Gasteiger partial charge >= 0.3 is 0 Å². The van der Waals surface area contributed by atoms with Crippen molar-refractivity contribution in [3.8, 4) is 18.1 Å². The zero-order valence-electron chi connectivity index (χ0n) is 18.6. The summed E-state index contributed by atoms with van der Waals surface area (Å²) in [5, 5.41) is 10.1. The summed E-state index contributed by atoms with van der Waals surface area (Å²) in [6.45, 7) is 10.5. The van der Waals surface area contributed by atoms with Crippen molar-refractivity contribution in [1.82, 2.24) is 4.90 Å². The summed E-state index contributed by atoms with van der Waals surface area (Å²) in [5.41, 5.74) is 5.90. The first-order chi connectivity index (χ1) is 14.3. The van der Waals surface area contributed by atoms with Crippen molar-refractivity contribution in [1.29, 1.82) is 0 Å². The number of benzene rings is 1. The van der Waals surface area contributed by atoms with Crippen LogP contribution in [0.2, 0.25) is 0 Å². The number of aromatic hydroxyl groups is 1. The Labute approximate surface area is 180 Å². The van der Waals surface area contributed by atoms with Crippen LogP contribution in [-0.2, 0) is 4.79 Å². The van der Waals surface area contributed by atoms with Crippen LogP contribution in [0.15, 0.2) is 52.7 Å². The smallest absolute Gasteiger partial charge is 0.254 e. The maximum atomic E-state index is 13.3. The second kappa shape index (κ2) is 10.6. The van der Waals surface area contributed by atoms with E-state index in [1.807, 2.05) is 26.0 Å². The molecule has 0 saturated carbocycles. The first-order valence-corrected chi connectivity index (χ1v) is 10.4. The van der Waals surface area contributed by atoms with Crippen LogP contribution in [0.5, 0.6) is 5.75 Å². The molecule has 2 rings (SSSR count). The van der Waals surface area contributed by atoms with Gasteiger partial charge in [-0.05, 0) is 75.3 Å². The van der Waals surface area contributed by atoms with E-state index in [-0.39, 0.29) is 11.7 Å². The number of aliphatic imine (C=N–C) groups is 1. The Morgan fingerprint density at radius 3 is 2.63 bits per heavy atom. The molecule has 0 fully saturated rings. The molecule has 4 heteroatoms. The molecule has 4 nitrogen and oxygen atoms in total. The molecule has 1 aliphatic rings. The third-order valence-corrected chi connectivity index (χ3v) is 5.64. The molecule has 1 amide bonds. The number of amides is 1. The van der Waals surface area contributed by atoms with Crippen LogP contribution in [0, 0.1) is 12.3 Å². The van der Waals surface area contributed by atoms with Gasteiger partial charge in [0, 0.05) is 18.3 Å². The second-order valence-electron chi connectivity index (χ2n) is 7.70. The van der Waals surface area contributed by atoms with E-state index in [2.05, 4.69) is 24.4 Å². The first-order valence-electron chi connectivity index (χ1n) is 10.4. The fourth-order valence-corrected chi connectivity index (χ4v) is 3.60. The Morgan fingerprint density at radius 1 is 1.37 bits per heavy atom. The van der Waals surface area contributed by atoms with Crippen molar-refractivity contribution in [2.75, 3.05) is 13.6 Å². The van der Waals surface area contributed by atoms with Gasteiger partial charge in [-0.1, -0.05) is 31.1 Å². The molecule has 0 bridgehead atoms. The van der Waals surface area contributed by atoms with Crippen LogP contribution in [0.25, 0.3) is 5.57 Å². The van der Waals surface area contributed by atoms with Crippen molar-refractivity contribution in [2.45, 2.75) is 52.9 Å². The highest BCUT2D eigenvalue weighted by Crippen LogP contribution is 2.27. The number of nitrogens with zero attached hydrogens (tertiary/aromatic N) is 2. The standard InChI is InChI=1S/C26H32N2O2/c1-7-20(5)28(26(30)24-12-10-9-11-18(24)3)17-23(27-6)15-19(4)22-14-13-21(8-2)25(29)16-22/h2,13-16,29H,5,7,9-12,17H2,1,3-4,6H3/b19-15+,27-23?. The minimum Gasteiger partial charge on any atom is -0.507 e. The highest BCUT2D eigenvalue weighted by atomic mass is 16.3. The van der Waals surface area contributed by atoms with Gasteiger partial charge in [0.05, 0.1) is 17.8 Å². The van der Waals surface area contributed by atoms with Crippen LogP contribution >= 0.6 is 0 Å². The summed E-state index contributed by atoms with van der Waals surface area (Å²) in [5.74, 6) is 2.58. The highest BCUT2D eigenvalue weighted by Gasteiger charge is 2.24. The molecule has 0 heterocycles. The van der Waals surface area contributed by atoms with Crippen molar-refractivity contribution >= 4 is 17.2 Å². The van der Waals surface area contributed by atoms with Gasteiger partial charge in [0.15, 0.2) is 0 Å². The van der Waals surface area contributed by atoms with Crippen LogP contribution in [-0.4, -0.2) is 35.2 Å². The van der Waals surface area contributed by atoms with Crippen LogP contribution in [0.4, 0.5) is 0 Å². The average Bonchev–Trinajstić information content (AvgIpc) is 2.75. The molecule has 1 aliphatic carbocycles. The molecule has 1 aromatic carbocycles. The largest absolute Gasteiger partial charge is 0.507 e. The predicted octanol–water partition coefficient (Wildman–Crippen LogP) is 5.49. The molecule has 158 valence electrons. The molecule has 1 N–H and O–H groups in total. The normalized spacial score (nSPS) is 15.0. The number of allylic oxidation sites excluding steroid dienone is 3. The number of carbonyl (C=O) groups is 1. The van der Waals surface area contributed by atoms with E-state index in [1.54, 1.807) is 24.1 Å². The van der Waals surface area contributed by atoms with Gasteiger partial charge in [-0.25, -0.2) is 0 Å². The molecular formula is C26H32N2O2. The number of carbonyl (C=O) groups excluding carboxylic acids is 1. The monoisotopic (exact) mass is 404 g/mol. The zero-order valence-corrected chi connectivity index (χ0v) is 18.6. The van der Waals surface area contributed by atoms with Gasteiger partial charge < -0.3 is 10.0 Å². The van der Waals surface area contributed by atoms with Crippen molar-refractivity contribution in [3.05, 3.63) is 58.8 Å². The van der Waals surface area contributed by atoms with E-state index in [0.717, 1.165) is 53.8 Å². The summed E-state index contributed by atoms with van der Waals surface area (Å²) in [4.78, 5) is 19.5. The van der Waals surface area contributed by atoms with Crippen molar-refractivity contribution < 1.29 is 9.90 Å². The number of hydrogen-bond donors (Lipinski definition) is 1.